The highest BCUT2D eigenvalue weighted by atomic mass is 16.7. The van der Waals surface area contributed by atoms with Crippen LogP contribution < -0.4 is 14.8 Å². The largest absolute Gasteiger partial charge is 0.454 e. The molecule has 1 heterocycles. The second kappa shape index (κ2) is 4.94. The molecule has 0 fully saturated rings. The maximum atomic E-state index is 12.1. The van der Waals surface area contributed by atoms with Crippen LogP contribution in [0.1, 0.15) is 15.9 Å². The Kier molecular flexibility index (Phi) is 2.98. The summed E-state index contributed by atoms with van der Waals surface area (Å²) in [6.07, 6.45) is 0. The van der Waals surface area contributed by atoms with E-state index in [0.29, 0.717) is 28.3 Å². The van der Waals surface area contributed by atoms with Crippen LogP contribution in [-0.4, -0.2) is 12.7 Å². The monoisotopic (exact) mass is 266 g/mol. The molecule has 0 atom stereocenters. The van der Waals surface area contributed by atoms with Crippen LogP contribution in [0, 0.1) is 11.3 Å². The number of anilines is 1. The van der Waals surface area contributed by atoms with E-state index in [1.807, 2.05) is 6.07 Å². The minimum atomic E-state index is -0.277. The van der Waals surface area contributed by atoms with Crippen molar-refractivity contribution in [2.24, 2.45) is 0 Å². The molecule has 0 aromatic heterocycles. The first-order chi connectivity index (χ1) is 9.76. The Balaban J connectivity index is 1.80. The zero-order chi connectivity index (χ0) is 13.9. The Bertz CT molecular complexity index is 719. The number of carbonyl (C=O) groups excluding carboxylic acids is 1. The second-order valence-electron chi connectivity index (χ2n) is 4.21. The van der Waals surface area contributed by atoms with E-state index in [1.54, 1.807) is 42.5 Å². The van der Waals surface area contributed by atoms with Gasteiger partial charge in [0.2, 0.25) is 6.79 Å². The predicted octanol–water partition coefficient (Wildman–Crippen LogP) is 2.54. The number of amides is 1. The van der Waals surface area contributed by atoms with Crippen LogP contribution in [0.4, 0.5) is 5.69 Å². The van der Waals surface area contributed by atoms with Crippen molar-refractivity contribution in [2.75, 3.05) is 12.1 Å². The van der Waals surface area contributed by atoms with E-state index in [1.165, 1.54) is 0 Å². The Morgan fingerprint density at radius 3 is 2.85 bits per heavy atom. The number of nitrogens with zero attached hydrogens (tertiary/aromatic N) is 1. The van der Waals surface area contributed by atoms with E-state index < -0.39 is 0 Å². The number of rotatable bonds is 2. The van der Waals surface area contributed by atoms with Crippen LogP contribution in [0.15, 0.2) is 42.5 Å². The molecular formula is C15H10N2O3. The van der Waals surface area contributed by atoms with Crippen LogP contribution >= 0.6 is 0 Å². The summed E-state index contributed by atoms with van der Waals surface area (Å²) in [4.78, 5) is 12.1. The van der Waals surface area contributed by atoms with Gasteiger partial charge in [0.25, 0.3) is 5.91 Å². The van der Waals surface area contributed by atoms with E-state index in [0.717, 1.165) is 0 Å². The van der Waals surface area contributed by atoms with Crippen molar-refractivity contribution in [2.45, 2.75) is 0 Å². The highest BCUT2D eigenvalue weighted by Gasteiger charge is 2.14. The highest BCUT2D eigenvalue weighted by molar-refractivity contribution is 6.04. The maximum Gasteiger partial charge on any atom is 0.255 e. The quantitative estimate of drug-likeness (QED) is 0.906. The highest BCUT2D eigenvalue weighted by Crippen LogP contribution is 2.34. The van der Waals surface area contributed by atoms with E-state index in [-0.39, 0.29) is 12.7 Å². The second-order valence-corrected chi connectivity index (χ2v) is 4.21. The SMILES string of the molecule is N#Cc1cccc(C(=O)Nc2ccc3c(c2)OCO3)c1. The van der Waals surface area contributed by atoms with Gasteiger partial charge in [0.05, 0.1) is 11.6 Å². The van der Waals surface area contributed by atoms with Crippen molar-refractivity contribution in [1.29, 1.82) is 5.26 Å². The van der Waals surface area contributed by atoms with Gasteiger partial charge >= 0.3 is 0 Å². The first kappa shape index (κ1) is 12.1. The summed E-state index contributed by atoms with van der Waals surface area (Å²) in [5.41, 5.74) is 1.49. The lowest BCUT2D eigenvalue weighted by molar-refractivity contribution is 0.102. The molecule has 0 radical (unpaired) electrons. The average molecular weight is 266 g/mol. The summed E-state index contributed by atoms with van der Waals surface area (Å²) in [6, 6.07) is 13.7. The van der Waals surface area contributed by atoms with Crippen molar-refractivity contribution in [3.05, 3.63) is 53.6 Å². The summed E-state index contributed by atoms with van der Waals surface area (Å²) in [5, 5.41) is 11.6. The van der Waals surface area contributed by atoms with Gasteiger partial charge in [-0.1, -0.05) is 6.07 Å². The molecular weight excluding hydrogens is 256 g/mol. The van der Waals surface area contributed by atoms with Crippen molar-refractivity contribution in [1.82, 2.24) is 0 Å². The van der Waals surface area contributed by atoms with Gasteiger partial charge in [-0.25, -0.2) is 0 Å². The number of benzene rings is 2. The van der Waals surface area contributed by atoms with Gasteiger partial charge in [-0.2, -0.15) is 5.26 Å². The molecule has 0 saturated carbocycles. The molecule has 2 aromatic carbocycles. The summed E-state index contributed by atoms with van der Waals surface area (Å²) < 4.78 is 10.4. The number of nitriles is 1. The third-order valence-corrected chi connectivity index (χ3v) is 2.88. The van der Waals surface area contributed by atoms with Gasteiger partial charge < -0.3 is 14.8 Å². The summed E-state index contributed by atoms with van der Waals surface area (Å²) in [7, 11) is 0. The average Bonchev–Trinajstić information content (AvgIpc) is 2.95. The molecule has 3 rings (SSSR count). The Morgan fingerprint density at radius 2 is 2.00 bits per heavy atom. The number of nitrogens with one attached hydrogen (secondary N) is 1. The van der Waals surface area contributed by atoms with Gasteiger partial charge in [0.1, 0.15) is 0 Å². The molecule has 0 aliphatic carbocycles. The van der Waals surface area contributed by atoms with Crippen molar-refractivity contribution in [3.63, 3.8) is 0 Å². The van der Waals surface area contributed by atoms with E-state index in [9.17, 15) is 4.79 Å². The molecule has 98 valence electrons. The lowest BCUT2D eigenvalue weighted by atomic mass is 10.1. The van der Waals surface area contributed by atoms with E-state index in [2.05, 4.69) is 5.32 Å². The van der Waals surface area contributed by atoms with Gasteiger partial charge in [-0.3, -0.25) is 4.79 Å². The predicted molar refractivity (Wildman–Crippen MR) is 71.7 cm³/mol. The van der Waals surface area contributed by atoms with Crippen molar-refractivity contribution < 1.29 is 14.3 Å². The van der Waals surface area contributed by atoms with Crippen LogP contribution in [0.3, 0.4) is 0 Å². The molecule has 20 heavy (non-hydrogen) atoms. The third kappa shape index (κ3) is 2.27. The number of hydrogen-bond acceptors (Lipinski definition) is 4. The minimum absolute atomic E-state index is 0.191. The van der Waals surface area contributed by atoms with Crippen LogP contribution in [-0.2, 0) is 0 Å². The number of hydrogen-bond donors (Lipinski definition) is 1. The fraction of sp³-hybridized carbons (Fsp3) is 0.0667. The molecule has 0 spiro atoms. The molecule has 0 saturated heterocycles. The fourth-order valence-electron chi connectivity index (χ4n) is 1.91. The van der Waals surface area contributed by atoms with Crippen molar-refractivity contribution in [3.8, 4) is 17.6 Å². The molecule has 1 aliphatic heterocycles. The normalized spacial score (nSPS) is 11.8. The zero-order valence-electron chi connectivity index (χ0n) is 10.4. The van der Waals surface area contributed by atoms with Crippen LogP contribution in [0.2, 0.25) is 0 Å². The third-order valence-electron chi connectivity index (χ3n) is 2.88. The maximum absolute atomic E-state index is 12.1. The molecule has 2 aromatic rings. The zero-order valence-corrected chi connectivity index (χ0v) is 10.4. The molecule has 1 N–H and O–H groups in total. The van der Waals surface area contributed by atoms with Gasteiger partial charge in [-0.05, 0) is 30.3 Å². The Morgan fingerprint density at radius 1 is 1.15 bits per heavy atom. The number of carbonyl (C=O) groups is 1. The summed E-state index contributed by atoms with van der Waals surface area (Å²) >= 11 is 0. The van der Waals surface area contributed by atoms with Gasteiger partial charge in [0.15, 0.2) is 11.5 Å². The minimum Gasteiger partial charge on any atom is -0.454 e. The lowest BCUT2D eigenvalue weighted by Crippen LogP contribution is -2.11. The standard InChI is InChI=1S/C15H10N2O3/c16-8-10-2-1-3-11(6-10)15(18)17-12-4-5-13-14(7-12)20-9-19-13/h1-7H,9H2,(H,17,18). The van der Waals surface area contributed by atoms with E-state index >= 15 is 0 Å². The van der Waals surface area contributed by atoms with E-state index in [4.69, 9.17) is 14.7 Å². The van der Waals surface area contributed by atoms with Crippen LogP contribution in [0.25, 0.3) is 0 Å². The number of ether oxygens (including phenoxy) is 2. The Labute approximate surface area is 115 Å². The molecule has 0 unspecified atom stereocenters. The molecule has 5 nitrogen and oxygen atoms in total. The smallest absolute Gasteiger partial charge is 0.255 e. The Hall–Kier alpha value is -3.00. The van der Waals surface area contributed by atoms with Gasteiger partial charge in [0, 0.05) is 17.3 Å². The first-order valence-electron chi connectivity index (χ1n) is 5.97. The molecule has 0 bridgehead atoms. The summed E-state index contributed by atoms with van der Waals surface area (Å²) in [5.74, 6) is 0.990. The molecule has 1 amide bonds. The lowest BCUT2D eigenvalue weighted by Gasteiger charge is -2.06. The molecule has 5 heteroatoms. The van der Waals surface area contributed by atoms with Gasteiger partial charge in [-0.15, -0.1) is 0 Å². The number of fused-ring (bicyclic) bond motifs is 1. The topological polar surface area (TPSA) is 71.4 Å². The van der Waals surface area contributed by atoms with Crippen molar-refractivity contribution >= 4 is 11.6 Å². The molecule has 1 aliphatic rings. The first-order valence-corrected chi connectivity index (χ1v) is 5.97. The fourth-order valence-corrected chi connectivity index (χ4v) is 1.91. The van der Waals surface area contributed by atoms with Crippen LogP contribution in [0.5, 0.6) is 11.5 Å². The summed E-state index contributed by atoms with van der Waals surface area (Å²) in [6.45, 7) is 0.191.